The highest BCUT2D eigenvalue weighted by atomic mass is 14.0. The van der Waals surface area contributed by atoms with Crippen molar-refractivity contribution in [1.82, 2.24) is 0 Å². The molecule has 0 heteroatoms. The molecule has 0 spiro atoms. The molecule has 0 aromatic rings. The highest BCUT2D eigenvalue weighted by molar-refractivity contribution is 5.20. The Morgan fingerprint density at radius 2 is 0.462 bits per heavy atom. The third-order valence-corrected chi connectivity index (χ3v) is 4.49. The predicted molar refractivity (Wildman–Crippen MR) is 119 cm³/mol. The highest BCUT2D eigenvalue weighted by Gasteiger charge is 1.92. The van der Waals surface area contributed by atoms with Crippen LogP contribution in [0.3, 0.4) is 0 Å². The van der Waals surface area contributed by atoms with Crippen LogP contribution in [0.1, 0.15) is 77.0 Å². The minimum absolute atomic E-state index is 1.21. The van der Waals surface area contributed by atoms with Gasteiger partial charge in [-0.25, -0.2) is 0 Å². The standard InChI is InChI=1S/C26H38/c1-2-4-6-8-10-12-14-16-18-20-22-24-26-25-23-21-19-17-15-13-11-9-7-5-3-1/h1-14H,15-26H2/b2-1-,5-3-,6-4-,9-7-,10-8-,13-11-,14-12?. The lowest BCUT2D eigenvalue weighted by Gasteiger charge is -2.01. The van der Waals surface area contributed by atoms with Gasteiger partial charge in [0.25, 0.3) is 0 Å². The molecule has 0 bridgehead atoms. The molecule has 0 N–H and O–H groups in total. The first-order chi connectivity index (χ1) is 13.0. The SMILES string of the molecule is C1=CCCCCCCCCCCCC\C=C/C=C\C=C/C=C\C=C/C=C\1. The summed E-state index contributed by atoms with van der Waals surface area (Å²) in [7, 11) is 0. The molecule has 0 atom stereocenters. The molecule has 1 aliphatic carbocycles. The van der Waals surface area contributed by atoms with Crippen molar-refractivity contribution in [1.29, 1.82) is 0 Å². The Balaban J connectivity index is 2.34. The van der Waals surface area contributed by atoms with Crippen molar-refractivity contribution in [2.45, 2.75) is 77.0 Å². The zero-order valence-electron chi connectivity index (χ0n) is 16.6. The lowest BCUT2D eigenvalue weighted by molar-refractivity contribution is 0.553. The summed E-state index contributed by atoms with van der Waals surface area (Å²) in [5, 5.41) is 0. The Kier molecular flexibility index (Phi) is 16.7. The average molecular weight is 351 g/mol. The number of allylic oxidation sites excluding steroid dienone is 14. The summed E-state index contributed by atoms with van der Waals surface area (Å²) in [6, 6.07) is 0. The van der Waals surface area contributed by atoms with Gasteiger partial charge in [-0.3, -0.25) is 0 Å². The van der Waals surface area contributed by atoms with E-state index in [1.54, 1.807) is 0 Å². The van der Waals surface area contributed by atoms with Gasteiger partial charge in [-0.1, -0.05) is 136 Å². The van der Waals surface area contributed by atoms with Gasteiger partial charge in [-0.15, -0.1) is 0 Å². The molecule has 26 heavy (non-hydrogen) atoms. The molecule has 142 valence electrons. The summed E-state index contributed by atoms with van der Waals surface area (Å²) in [4.78, 5) is 0. The molecule has 0 radical (unpaired) electrons. The molecule has 0 aliphatic heterocycles. The van der Waals surface area contributed by atoms with Crippen molar-refractivity contribution in [3.8, 4) is 0 Å². The van der Waals surface area contributed by atoms with E-state index >= 15 is 0 Å². The van der Waals surface area contributed by atoms with Crippen molar-refractivity contribution in [3.63, 3.8) is 0 Å². The molecule has 0 aromatic carbocycles. The van der Waals surface area contributed by atoms with E-state index in [2.05, 4.69) is 85.1 Å². The van der Waals surface area contributed by atoms with Crippen LogP contribution in [-0.2, 0) is 0 Å². The maximum Gasteiger partial charge on any atom is -0.0348 e. The van der Waals surface area contributed by atoms with Crippen LogP contribution in [0.2, 0.25) is 0 Å². The highest BCUT2D eigenvalue weighted by Crippen LogP contribution is 2.12. The maximum atomic E-state index is 2.29. The van der Waals surface area contributed by atoms with Crippen LogP contribution in [0.15, 0.2) is 85.1 Å². The number of rotatable bonds is 0. The largest absolute Gasteiger partial charge is 0.0845 e. The van der Waals surface area contributed by atoms with Gasteiger partial charge < -0.3 is 0 Å². The van der Waals surface area contributed by atoms with Crippen molar-refractivity contribution in [2.75, 3.05) is 0 Å². The van der Waals surface area contributed by atoms with Gasteiger partial charge in [0.1, 0.15) is 0 Å². The van der Waals surface area contributed by atoms with Crippen molar-refractivity contribution >= 4 is 0 Å². The van der Waals surface area contributed by atoms with Crippen LogP contribution in [0.4, 0.5) is 0 Å². The van der Waals surface area contributed by atoms with Gasteiger partial charge in [0, 0.05) is 0 Å². The van der Waals surface area contributed by atoms with E-state index in [1.165, 1.54) is 77.0 Å². The molecular weight excluding hydrogens is 312 g/mol. The molecule has 1 aliphatic rings. The Labute approximate surface area is 162 Å². The Morgan fingerprint density at radius 3 is 0.769 bits per heavy atom. The molecule has 0 nitrogen and oxygen atoms in total. The summed E-state index contributed by atoms with van der Waals surface area (Å²) < 4.78 is 0. The van der Waals surface area contributed by atoms with Crippen LogP contribution in [0, 0.1) is 0 Å². The molecule has 0 amide bonds. The van der Waals surface area contributed by atoms with Crippen LogP contribution < -0.4 is 0 Å². The zero-order chi connectivity index (χ0) is 18.4. The molecule has 0 aromatic heterocycles. The normalized spacial score (nSPS) is 27.1. The van der Waals surface area contributed by atoms with Crippen LogP contribution in [0.5, 0.6) is 0 Å². The molecule has 0 heterocycles. The van der Waals surface area contributed by atoms with Gasteiger partial charge in [-0.2, -0.15) is 0 Å². The molecule has 0 saturated heterocycles. The summed E-state index contributed by atoms with van der Waals surface area (Å²) in [5.41, 5.74) is 0. The summed E-state index contributed by atoms with van der Waals surface area (Å²) in [5.74, 6) is 0. The second-order valence-corrected chi connectivity index (χ2v) is 6.89. The zero-order valence-corrected chi connectivity index (χ0v) is 16.6. The monoisotopic (exact) mass is 350 g/mol. The van der Waals surface area contributed by atoms with Gasteiger partial charge in [0.2, 0.25) is 0 Å². The minimum Gasteiger partial charge on any atom is -0.0845 e. The van der Waals surface area contributed by atoms with Crippen LogP contribution >= 0.6 is 0 Å². The Bertz CT molecular complexity index is 448. The van der Waals surface area contributed by atoms with Crippen molar-refractivity contribution < 1.29 is 0 Å². The van der Waals surface area contributed by atoms with E-state index in [0.29, 0.717) is 0 Å². The fourth-order valence-electron chi connectivity index (χ4n) is 2.93. The summed E-state index contributed by atoms with van der Waals surface area (Å²) in [6.45, 7) is 0. The van der Waals surface area contributed by atoms with E-state index in [0.717, 1.165) is 0 Å². The van der Waals surface area contributed by atoms with Crippen molar-refractivity contribution in [2.24, 2.45) is 0 Å². The third-order valence-electron chi connectivity index (χ3n) is 4.49. The summed E-state index contributed by atoms with van der Waals surface area (Å²) in [6.07, 6.45) is 46.0. The molecule has 0 saturated carbocycles. The van der Waals surface area contributed by atoms with E-state index in [1.807, 2.05) is 0 Å². The topological polar surface area (TPSA) is 0 Å². The van der Waals surface area contributed by atoms with Gasteiger partial charge in [0.05, 0.1) is 0 Å². The van der Waals surface area contributed by atoms with E-state index in [9.17, 15) is 0 Å². The second-order valence-electron chi connectivity index (χ2n) is 6.89. The first-order valence-electron chi connectivity index (χ1n) is 10.6. The molecule has 0 fully saturated rings. The fourth-order valence-corrected chi connectivity index (χ4v) is 2.93. The van der Waals surface area contributed by atoms with Gasteiger partial charge in [0.15, 0.2) is 0 Å². The Morgan fingerprint density at radius 1 is 0.231 bits per heavy atom. The third kappa shape index (κ3) is 17.0. The lowest BCUT2D eigenvalue weighted by Crippen LogP contribution is -1.82. The summed E-state index contributed by atoms with van der Waals surface area (Å²) >= 11 is 0. The smallest absolute Gasteiger partial charge is 0.0348 e. The first-order valence-corrected chi connectivity index (χ1v) is 10.6. The average Bonchev–Trinajstić information content (AvgIpc) is 2.65. The van der Waals surface area contributed by atoms with E-state index in [4.69, 9.17) is 0 Å². The van der Waals surface area contributed by atoms with Crippen LogP contribution in [-0.4, -0.2) is 0 Å². The second kappa shape index (κ2) is 19.5. The first kappa shape index (κ1) is 22.2. The molecule has 0 unspecified atom stereocenters. The number of hydrogen-bond donors (Lipinski definition) is 0. The fraction of sp³-hybridized carbons (Fsp3) is 0.462. The van der Waals surface area contributed by atoms with E-state index in [-0.39, 0.29) is 0 Å². The quantitative estimate of drug-likeness (QED) is 0.410. The van der Waals surface area contributed by atoms with Crippen LogP contribution in [0.25, 0.3) is 0 Å². The molecule has 1 rings (SSSR count). The minimum atomic E-state index is 1.21. The Hall–Kier alpha value is -1.82. The predicted octanol–water partition coefficient (Wildman–Crippen LogP) is 8.57. The lowest BCUT2D eigenvalue weighted by atomic mass is 10.0. The van der Waals surface area contributed by atoms with E-state index < -0.39 is 0 Å². The maximum absolute atomic E-state index is 2.29. The molecular formula is C26H38. The van der Waals surface area contributed by atoms with Gasteiger partial charge >= 0.3 is 0 Å². The van der Waals surface area contributed by atoms with Crippen molar-refractivity contribution in [3.05, 3.63) is 85.1 Å². The van der Waals surface area contributed by atoms with Gasteiger partial charge in [-0.05, 0) is 25.7 Å². The number of hydrogen-bond acceptors (Lipinski definition) is 0.